The van der Waals surface area contributed by atoms with Crippen molar-refractivity contribution < 1.29 is 4.74 Å². The summed E-state index contributed by atoms with van der Waals surface area (Å²) in [5, 5.41) is 3.46. The predicted molar refractivity (Wildman–Crippen MR) is 89.9 cm³/mol. The Hall–Kier alpha value is -1.13. The van der Waals surface area contributed by atoms with Crippen LogP contribution in [0.15, 0.2) is 12.3 Å². The first-order valence-electron chi connectivity index (χ1n) is 8.07. The van der Waals surface area contributed by atoms with Crippen LogP contribution in [0.25, 0.3) is 0 Å². The van der Waals surface area contributed by atoms with Gasteiger partial charge in [0.15, 0.2) is 0 Å². The van der Waals surface area contributed by atoms with Crippen LogP contribution < -0.4 is 10.2 Å². The molecule has 21 heavy (non-hydrogen) atoms. The van der Waals surface area contributed by atoms with Gasteiger partial charge in [-0.05, 0) is 50.4 Å². The molecular weight excluding hydrogens is 262 g/mol. The quantitative estimate of drug-likeness (QED) is 0.673. The van der Waals surface area contributed by atoms with Crippen LogP contribution in [0, 0.1) is 12.8 Å². The van der Waals surface area contributed by atoms with Gasteiger partial charge in [0.2, 0.25) is 0 Å². The molecule has 1 heterocycles. The van der Waals surface area contributed by atoms with Gasteiger partial charge in [-0.2, -0.15) is 0 Å². The molecule has 120 valence electrons. The molecule has 0 saturated heterocycles. The topological polar surface area (TPSA) is 37.4 Å². The zero-order chi connectivity index (χ0) is 15.7. The lowest BCUT2D eigenvalue weighted by Gasteiger charge is -2.24. The number of likely N-dealkylation sites (N-methyl/N-ethyl adjacent to an activating group) is 1. The first kappa shape index (κ1) is 17.9. The Labute approximate surface area is 129 Å². The van der Waals surface area contributed by atoms with Gasteiger partial charge in [0.05, 0.1) is 6.61 Å². The van der Waals surface area contributed by atoms with E-state index in [4.69, 9.17) is 4.74 Å². The summed E-state index contributed by atoms with van der Waals surface area (Å²) in [6.45, 7) is 16.0. The van der Waals surface area contributed by atoms with E-state index in [1.165, 1.54) is 11.1 Å². The summed E-state index contributed by atoms with van der Waals surface area (Å²) in [7, 11) is 0. The summed E-state index contributed by atoms with van der Waals surface area (Å²) in [4.78, 5) is 6.93. The molecule has 0 radical (unpaired) electrons. The molecule has 4 nitrogen and oxygen atoms in total. The molecule has 1 aromatic heterocycles. The highest BCUT2D eigenvalue weighted by Gasteiger charge is 2.09. The monoisotopic (exact) mass is 293 g/mol. The van der Waals surface area contributed by atoms with Gasteiger partial charge < -0.3 is 15.0 Å². The minimum Gasteiger partial charge on any atom is -0.380 e. The SMILES string of the molecule is CCOCCN(CC)c1ncc(CNCC(C)C)cc1C. The lowest BCUT2D eigenvalue weighted by atomic mass is 10.1. The Bertz CT molecular complexity index is 407. The van der Waals surface area contributed by atoms with E-state index in [-0.39, 0.29) is 0 Å². The molecular formula is C17H31N3O. The van der Waals surface area contributed by atoms with E-state index in [0.717, 1.165) is 45.2 Å². The number of pyridine rings is 1. The number of nitrogens with one attached hydrogen (secondary N) is 1. The van der Waals surface area contributed by atoms with Crippen LogP contribution in [0.1, 0.15) is 38.8 Å². The fourth-order valence-electron chi connectivity index (χ4n) is 2.29. The molecule has 1 aromatic rings. The van der Waals surface area contributed by atoms with E-state index in [1.807, 2.05) is 13.1 Å². The average Bonchev–Trinajstić information content (AvgIpc) is 2.44. The van der Waals surface area contributed by atoms with Gasteiger partial charge in [0, 0.05) is 32.4 Å². The third kappa shape index (κ3) is 6.44. The summed E-state index contributed by atoms with van der Waals surface area (Å²) in [6, 6.07) is 2.24. The Balaban J connectivity index is 2.62. The van der Waals surface area contributed by atoms with Crippen LogP contribution in [-0.4, -0.2) is 37.8 Å². The fraction of sp³-hybridized carbons (Fsp3) is 0.706. The van der Waals surface area contributed by atoms with Crippen LogP contribution in [0.3, 0.4) is 0 Å². The average molecular weight is 293 g/mol. The summed E-state index contributed by atoms with van der Waals surface area (Å²) in [5.74, 6) is 1.75. The highest BCUT2D eigenvalue weighted by molar-refractivity contribution is 5.47. The number of ether oxygens (including phenoxy) is 1. The van der Waals surface area contributed by atoms with Crippen LogP contribution in [0.5, 0.6) is 0 Å². The molecule has 0 atom stereocenters. The molecule has 0 amide bonds. The maximum absolute atomic E-state index is 5.45. The Morgan fingerprint density at radius 1 is 1.33 bits per heavy atom. The highest BCUT2D eigenvalue weighted by atomic mass is 16.5. The Kier molecular flexibility index (Phi) is 8.31. The second kappa shape index (κ2) is 9.74. The van der Waals surface area contributed by atoms with Gasteiger partial charge in [-0.25, -0.2) is 4.98 Å². The molecule has 0 aliphatic rings. The van der Waals surface area contributed by atoms with E-state index < -0.39 is 0 Å². The largest absolute Gasteiger partial charge is 0.380 e. The number of rotatable bonds is 10. The first-order valence-corrected chi connectivity index (χ1v) is 8.07. The van der Waals surface area contributed by atoms with Crippen molar-refractivity contribution in [3.63, 3.8) is 0 Å². The maximum atomic E-state index is 5.45. The summed E-state index contributed by atoms with van der Waals surface area (Å²) in [6.07, 6.45) is 1.99. The zero-order valence-electron chi connectivity index (χ0n) is 14.3. The van der Waals surface area contributed by atoms with E-state index in [2.05, 4.69) is 49.0 Å². The van der Waals surface area contributed by atoms with E-state index in [1.54, 1.807) is 0 Å². The molecule has 0 spiro atoms. The lowest BCUT2D eigenvalue weighted by Crippen LogP contribution is -2.29. The van der Waals surface area contributed by atoms with Crippen LogP contribution in [0.2, 0.25) is 0 Å². The van der Waals surface area contributed by atoms with Crippen molar-refractivity contribution in [2.75, 3.05) is 37.7 Å². The second-order valence-corrected chi connectivity index (χ2v) is 5.79. The number of hydrogen-bond acceptors (Lipinski definition) is 4. The fourth-order valence-corrected chi connectivity index (χ4v) is 2.29. The highest BCUT2D eigenvalue weighted by Crippen LogP contribution is 2.17. The molecule has 0 bridgehead atoms. The van der Waals surface area contributed by atoms with Crippen molar-refractivity contribution in [3.05, 3.63) is 23.4 Å². The first-order chi connectivity index (χ1) is 10.1. The molecule has 1 rings (SSSR count). The van der Waals surface area contributed by atoms with Crippen molar-refractivity contribution in [3.8, 4) is 0 Å². The molecule has 1 N–H and O–H groups in total. The summed E-state index contributed by atoms with van der Waals surface area (Å²) < 4.78 is 5.45. The molecule has 0 aromatic carbocycles. The normalized spacial score (nSPS) is 11.1. The van der Waals surface area contributed by atoms with Crippen molar-refractivity contribution in [1.82, 2.24) is 10.3 Å². The van der Waals surface area contributed by atoms with Crippen LogP contribution in [-0.2, 0) is 11.3 Å². The van der Waals surface area contributed by atoms with Crippen LogP contribution >= 0.6 is 0 Å². The van der Waals surface area contributed by atoms with Gasteiger partial charge in [-0.1, -0.05) is 13.8 Å². The number of anilines is 1. The van der Waals surface area contributed by atoms with Crippen molar-refractivity contribution in [2.24, 2.45) is 5.92 Å². The lowest BCUT2D eigenvalue weighted by molar-refractivity contribution is 0.154. The molecule has 0 aliphatic carbocycles. The van der Waals surface area contributed by atoms with Gasteiger partial charge in [0.1, 0.15) is 5.82 Å². The van der Waals surface area contributed by atoms with E-state index in [9.17, 15) is 0 Å². The van der Waals surface area contributed by atoms with Gasteiger partial charge in [0.25, 0.3) is 0 Å². The van der Waals surface area contributed by atoms with Gasteiger partial charge >= 0.3 is 0 Å². The predicted octanol–water partition coefficient (Wildman–Crippen LogP) is 3.00. The Morgan fingerprint density at radius 3 is 2.67 bits per heavy atom. The van der Waals surface area contributed by atoms with Crippen molar-refractivity contribution in [2.45, 2.75) is 41.2 Å². The van der Waals surface area contributed by atoms with Crippen molar-refractivity contribution >= 4 is 5.82 Å². The second-order valence-electron chi connectivity index (χ2n) is 5.79. The van der Waals surface area contributed by atoms with Gasteiger partial charge in [-0.15, -0.1) is 0 Å². The van der Waals surface area contributed by atoms with E-state index >= 15 is 0 Å². The molecule has 0 saturated carbocycles. The Morgan fingerprint density at radius 2 is 2.10 bits per heavy atom. The third-order valence-corrected chi connectivity index (χ3v) is 3.38. The third-order valence-electron chi connectivity index (χ3n) is 3.38. The minimum atomic E-state index is 0.674. The smallest absolute Gasteiger partial charge is 0.131 e. The zero-order valence-corrected chi connectivity index (χ0v) is 14.3. The van der Waals surface area contributed by atoms with Gasteiger partial charge in [-0.3, -0.25) is 0 Å². The summed E-state index contributed by atoms with van der Waals surface area (Å²) >= 11 is 0. The molecule has 0 aliphatic heterocycles. The molecule has 4 heteroatoms. The minimum absolute atomic E-state index is 0.674. The number of hydrogen-bond donors (Lipinski definition) is 1. The number of aromatic nitrogens is 1. The maximum Gasteiger partial charge on any atom is 0.131 e. The van der Waals surface area contributed by atoms with Crippen molar-refractivity contribution in [1.29, 1.82) is 0 Å². The van der Waals surface area contributed by atoms with E-state index in [0.29, 0.717) is 5.92 Å². The number of nitrogens with zero attached hydrogens (tertiary/aromatic N) is 2. The molecule has 0 fully saturated rings. The number of aryl methyl sites for hydroxylation is 1. The standard InChI is InChI=1S/C17H31N3O/c1-6-20(8-9-21-7-2)17-15(5)10-16(13-19-17)12-18-11-14(3)4/h10,13-14,18H,6-9,11-12H2,1-5H3. The summed E-state index contributed by atoms with van der Waals surface area (Å²) in [5.41, 5.74) is 2.48. The molecule has 0 unspecified atom stereocenters. The van der Waals surface area contributed by atoms with Crippen LogP contribution in [0.4, 0.5) is 5.82 Å².